The number of aliphatic hydroxyl groups is 1. The van der Waals surface area contributed by atoms with Gasteiger partial charge in [-0.05, 0) is 41.1 Å². The number of benzene rings is 1. The molecule has 0 aliphatic rings. The smallest absolute Gasteiger partial charge is 0.253 e. The Hall–Kier alpha value is -0.580. The van der Waals surface area contributed by atoms with E-state index in [4.69, 9.17) is 16.7 Å². The highest BCUT2D eigenvalue weighted by atomic mass is 79.9. The van der Waals surface area contributed by atoms with E-state index in [1.165, 1.54) is 4.90 Å². The Labute approximate surface area is 108 Å². The third kappa shape index (κ3) is 2.97. The number of amides is 1. The van der Waals surface area contributed by atoms with Crippen molar-refractivity contribution in [3.63, 3.8) is 0 Å². The summed E-state index contributed by atoms with van der Waals surface area (Å²) in [5.41, 5.74) is 0.541. The van der Waals surface area contributed by atoms with Crippen molar-refractivity contribution in [1.82, 2.24) is 4.90 Å². The largest absolute Gasteiger partial charge is 0.394 e. The maximum atomic E-state index is 12.0. The second-order valence-electron chi connectivity index (χ2n) is 3.58. The Kier molecular flexibility index (Phi) is 4.77. The first-order chi connectivity index (χ1) is 7.47. The molecule has 88 valence electrons. The zero-order valence-corrected chi connectivity index (χ0v) is 11.4. The molecule has 0 bridgehead atoms. The monoisotopic (exact) mass is 305 g/mol. The lowest BCUT2D eigenvalue weighted by Crippen LogP contribution is -2.37. The summed E-state index contributed by atoms with van der Waals surface area (Å²) in [7, 11) is 1.66. The normalized spacial score (nSPS) is 12.3. The predicted molar refractivity (Wildman–Crippen MR) is 67.8 cm³/mol. The third-order valence-electron chi connectivity index (χ3n) is 2.41. The number of hydrogen-bond donors (Lipinski definition) is 1. The molecular weight excluding hydrogens is 293 g/mol. The second kappa shape index (κ2) is 5.66. The molecule has 1 N–H and O–H groups in total. The van der Waals surface area contributed by atoms with Gasteiger partial charge in [-0.15, -0.1) is 0 Å². The summed E-state index contributed by atoms with van der Waals surface area (Å²) in [6, 6.07) is 4.79. The number of carbonyl (C=O) groups excluding carboxylic acids is 1. The van der Waals surface area contributed by atoms with Gasteiger partial charge in [0.15, 0.2) is 0 Å². The topological polar surface area (TPSA) is 40.5 Å². The minimum Gasteiger partial charge on any atom is -0.394 e. The van der Waals surface area contributed by atoms with Crippen LogP contribution in [0.15, 0.2) is 22.7 Å². The van der Waals surface area contributed by atoms with Crippen LogP contribution in [0.4, 0.5) is 0 Å². The van der Waals surface area contributed by atoms with E-state index in [2.05, 4.69) is 15.9 Å². The van der Waals surface area contributed by atoms with Crippen LogP contribution in [0.2, 0.25) is 5.02 Å². The summed E-state index contributed by atoms with van der Waals surface area (Å²) in [4.78, 5) is 13.5. The first-order valence-corrected chi connectivity index (χ1v) is 5.97. The van der Waals surface area contributed by atoms with Gasteiger partial charge in [0.05, 0.1) is 17.7 Å². The molecule has 0 aromatic heterocycles. The van der Waals surface area contributed by atoms with E-state index in [1.807, 2.05) is 0 Å². The number of carbonyl (C=O) groups is 1. The van der Waals surface area contributed by atoms with Crippen molar-refractivity contribution in [3.8, 4) is 0 Å². The summed E-state index contributed by atoms with van der Waals surface area (Å²) in [5.74, 6) is -0.140. The standard InChI is InChI=1S/C11H13BrClNO2/c1-7(6-15)14(2)11(16)8-3-4-10(13)9(12)5-8/h3-5,7,15H,6H2,1-2H3. The number of halogens is 2. The van der Waals surface area contributed by atoms with Crippen molar-refractivity contribution in [2.75, 3.05) is 13.7 Å². The van der Waals surface area contributed by atoms with E-state index < -0.39 is 0 Å². The van der Waals surface area contributed by atoms with Gasteiger partial charge in [0.1, 0.15) is 0 Å². The SMILES string of the molecule is CC(CO)N(C)C(=O)c1ccc(Cl)c(Br)c1. The van der Waals surface area contributed by atoms with E-state index in [0.29, 0.717) is 15.1 Å². The van der Waals surface area contributed by atoms with Crippen molar-refractivity contribution >= 4 is 33.4 Å². The molecular formula is C11H13BrClNO2. The van der Waals surface area contributed by atoms with Gasteiger partial charge in [-0.2, -0.15) is 0 Å². The van der Waals surface area contributed by atoms with Crippen molar-refractivity contribution in [1.29, 1.82) is 0 Å². The van der Waals surface area contributed by atoms with Gasteiger partial charge < -0.3 is 10.0 Å². The van der Waals surface area contributed by atoms with Crippen molar-refractivity contribution in [2.24, 2.45) is 0 Å². The number of hydrogen-bond acceptors (Lipinski definition) is 2. The fourth-order valence-corrected chi connectivity index (χ4v) is 1.65. The average Bonchev–Trinajstić information content (AvgIpc) is 2.29. The Bertz CT molecular complexity index is 398. The van der Waals surface area contributed by atoms with Crippen LogP contribution in [0.3, 0.4) is 0 Å². The van der Waals surface area contributed by atoms with Crippen LogP contribution >= 0.6 is 27.5 Å². The number of rotatable bonds is 3. The lowest BCUT2D eigenvalue weighted by Gasteiger charge is -2.23. The molecule has 3 nitrogen and oxygen atoms in total. The molecule has 0 aliphatic carbocycles. The van der Waals surface area contributed by atoms with Crippen molar-refractivity contribution in [3.05, 3.63) is 33.3 Å². The molecule has 0 saturated carbocycles. The molecule has 0 spiro atoms. The van der Waals surface area contributed by atoms with Gasteiger partial charge in [0.2, 0.25) is 0 Å². The van der Waals surface area contributed by atoms with Crippen LogP contribution < -0.4 is 0 Å². The zero-order valence-electron chi connectivity index (χ0n) is 9.08. The summed E-state index contributed by atoms with van der Waals surface area (Å²) >= 11 is 9.11. The predicted octanol–water partition coefficient (Wildman–Crippen LogP) is 2.56. The quantitative estimate of drug-likeness (QED) is 0.932. The van der Waals surface area contributed by atoms with Crippen LogP contribution in [0.1, 0.15) is 17.3 Å². The summed E-state index contributed by atoms with van der Waals surface area (Å²) < 4.78 is 0.685. The summed E-state index contributed by atoms with van der Waals surface area (Å²) in [6.45, 7) is 1.72. The molecule has 5 heteroatoms. The van der Waals surface area contributed by atoms with Crippen LogP contribution in [0, 0.1) is 0 Å². The molecule has 0 fully saturated rings. The van der Waals surface area contributed by atoms with Crippen molar-refractivity contribution in [2.45, 2.75) is 13.0 Å². The molecule has 1 amide bonds. The van der Waals surface area contributed by atoms with E-state index in [9.17, 15) is 4.79 Å². The molecule has 0 aliphatic heterocycles. The van der Waals surface area contributed by atoms with Gasteiger partial charge in [-0.1, -0.05) is 11.6 Å². The van der Waals surface area contributed by atoms with Crippen LogP contribution in [-0.4, -0.2) is 35.6 Å². The van der Waals surface area contributed by atoms with Gasteiger partial charge in [-0.25, -0.2) is 0 Å². The van der Waals surface area contributed by atoms with Crippen LogP contribution in [0.25, 0.3) is 0 Å². The Morgan fingerprint density at radius 2 is 2.25 bits per heavy atom. The minimum absolute atomic E-state index is 0.0585. The molecule has 0 radical (unpaired) electrons. The van der Waals surface area contributed by atoms with Gasteiger partial charge in [0, 0.05) is 17.1 Å². The maximum absolute atomic E-state index is 12.0. The summed E-state index contributed by atoms with van der Waals surface area (Å²) in [5, 5.41) is 9.54. The minimum atomic E-state index is -0.207. The highest BCUT2D eigenvalue weighted by molar-refractivity contribution is 9.10. The van der Waals surface area contributed by atoms with E-state index >= 15 is 0 Å². The molecule has 1 rings (SSSR count). The first-order valence-electron chi connectivity index (χ1n) is 4.80. The van der Waals surface area contributed by atoms with E-state index in [-0.39, 0.29) is 18.6 Å². The Morgan fingerprint density at radius 1 is 1.62 bits per heavy atom. The lowest BCUT2D eigenvalue weighted by atomic mass is 10.2. The highest BCUT2D eigenvalue weighted by Crippen LogP contribution is 2.23. The van der Waals surface area contributed by atoms with Gasteiger partial charge >= 0.3 is 0 Å². The lowest BCUT2D eigenvalue weighted by molar-refractivity contribution is 0.0682. The molecule has 16 heavy (non-hydrogen) atoms. The van der Waals surface area contributed by atoms with Gasteiger partial charge in [0.25, 0.3) is 5.91 Å². The molecule has 0 heterocycles. The third-order valence-corrected chi connectivity index (χ3v) is 3.63. The fourth-order valence-electron chi connectivity index (χ4n) is 1.16. The molecule has 1 atom stereocenters. The highest BCUT2D eigenvalue weighted by Gasteiger charge is 2.17. The number of nitrogens with zero attached hydrogens (tertiary/aromatic N) is 1. The summed E-state index contributed by atoms with van der Waals surface area (Å²) in [6.07, 6.45) is 0. The van der Waals surface area contributed by atoms with Crippen molar-refractivity contribution < 1.29 is 9.90 Å². The first kappa shape index (κ1) is 13.5. The second-order valence-corrected chi connectivity index (χ2v) is 4.84. The Morgan fingerprint density at radius 3 is 2.75 bits per heavy atom. The van der Waals surface area contributed by atoms with Crippen LogP contribution in [-0.2, 0) is 0 Å². The van der Waals surface area contributed by atoms with E-state index in [0.717, 1.165) is 0 Å². The molecule has 0 saturated heterocycles. The van der Waals surface area contributed by atoms with Crippen LogP contribution in [0.5, 0.6) is 0 Å². The molecule has 1 unspecified atom stereocenters. The number of likely N-dealkylation sites (N-methyl/N-ethyl adjacent to an activating group) is 1. The molecule has 1 aromatic rings. The van der Waals surface area contributed by atoms with E-state index in [1.54, 1.807) is 32.2 Å². The zero-order chi connectivity index (χ0) is 12.3. The average molecular weight is 307 g/mol. The number of aliphatic hydroxyl groups excluding tert-OH is 1. The fraction of sp³-hybridized carbons (Fsp3) is 0.364. The van der Waals surface area contributed by atoms with Gasteiger partial charge in [-0.3, -0.25) is 4.79 Å². The Balaban J connectivity index is 2.92. The maximum Gasteiger partial charge on any atom is 0.253 e. The molecule has 1 aromatic carbocycles.